The monoisotopic (exact) mass is 200 g/mol. The number of hydrogen-bond donors (Lipinski definition) is 1. The van der Waals surface area contributed by atoms with Gasteiger partial charge in [0.15, 0.2) is 0 Å². The van der Waals surface area contributed by atoms with Gasteiger partial charge >= 0.3 is 0 Å². The Morgan fingerprint density at radius 3 is 2.92 bits per heavy atom. The van der Waals surface area contributed by atoms with Gasteiger partial charge in [-0.15, -0.1) is 0 Å². The van der Waals surface area contributed by atoms with Crippen molar-refractivity contribution in [3.63, 3.8) is 0 Å². The molecule has 0 bridgehead atoms. The average Bonchev–Trinajstić information content (AvgIpc) is 2.52. The van der Waals surface area contributed by atoms with E-state index in [9.17, 15) is 0 Å². The molecule has 1 rings (SSSR count). The van der Waals surface area contributed by atoms with Gasteiger partial charge in [0.2, 0.25) is 0 Å². The SMILES string of the molecule is CCCC(C)N1CCCC1C(N)=S. The standard InChI is InChI=1S/C10H20N2S/c1-3-5-8(2)12-7-4-6-9(12)10(11)13/h8-9H,3-7H2,1-2H3,(H2,11,13). The van der Waals surface area contributed by atoms with Crippen LogP contribution in [0, 0.1) is 0 Å². The Balaban J connectivity index is 2.52. The summed E-state index contributed by atoms with van der Waals surface area (Å²) in [4.78, 5) is 3.15. The molecule has 0 aliphatic carbocycles. The molecule has 0 radical (unpaired) electrons. The minimum atomic E-state index is 0.372. The molecule has 1 fully saturated rings. The molecule has 1 heterocycles. The molecule has 2 unspecified atom stereocenters. The first kappa shape index (κ1) is 10.9. The van der Waals surface area contributed by atoms with Gasteiger partial charge in [-0.1, -0.05) is 25.6 Å². The molecular weight excluding hydrogens is 180 g/mol. The fraction of sp³-hybridized carbons (Fsp3) is 0.900. The second-order valence-corrected chi connectivity index (χ2v) is 4.41. The summed E-state index contributed by atoms with van der Waals surface area (Å²) >= 11 is 5.07. The van der Waals surface area contributed by atoms with Crippen molar-refractivity contribution in [2.75, 3.05) is 6.54 Å². The van der Waals surface area contributed by atoms with E-state index in [2.05, 4.69) is 18.7 Å². The van der Waals surface area contributed by atoms with E-state index in [0.717, 1.165) is 6.42 Å². The van der Waals surface area contributed by atoms with Crippen molar-refractivity contribution in [2.45, 2.75) is 51.6 Å². The van der Waals surface area contributed by atoms with Gasteiger partial charge in [-0.2, -0.15) is 0 Å². The van der Waals surface area contributed by atoms with Crippen LogP contribution in [0.4, 0.5) is 0 Å². The van der Waals surface area contributed by atoms with E-state index in [1.165, 1.54) is 25.8 Å². The lowest BCUT2D eigenvalue weighted by Crippen LogP contribution is -2.43. The van der Waals surface area contributed by atoms with Gasteiger partial charge in [-0.05, 0) is 32.7 Å². The Morgan fingerprint density at radius 2 is 2.38 bits per heavy atom. The van der Waals surface area contributed by atoms with Crippen molar-refractivity contribution in [2.24, 2.45) is 5.73 Å². The Kier molecular flexibility index (Phi) is 4.13. The second-order valence-electron chi connectivity index (χ2n) is 3.94. The molecule has 1 aliphatic rings. The van der Waals surface area contributed by atoms with E-state index in [1.807, 2.05) is 0 Å². The van der Waals surface area contributed by atoms with Crippen LogP contribution in [0.25, 0.3) is 0 Å². The first-order valence-corrected chi connectivity index (χ1v) is 5.62. The van der Waals surface area contributed by atoms with Crippen molar-refractivity contribution < 1.29 is 0 Å². The summed E-state index contributed by atoms with van der Waals surface area (Å²) in [6, 6.07) is 1.01. The number of nitrogens with zero attached hydrogens (tertiary/aromatic N) is 1. The molecule has 0 saturated carbocycles. The highest BCUT2D eigenvalue weighted by atomic mass is 32.1. The predicted octanol–water partition coefficient (Wildman–Crippen LogP) is 1.93. The maximum absolute atomic E-state index is 5.71. The summed E-state index contributed by atoms with van der Waals surface area (Å²) in [7, 11) is 0. The van der Waals surface area contributed by atoms with Gasteiger partial charge in [0.05, 0.1) is 11.0 Å². The second kappa shape index (κ2) is 4.91. The highest BCUT2D eigenvalue weighted by Crippen LogP contribution is 2.22. The van der Waals surface area contributed by atoms with Crippen LogP contribution >= 0.6 is 12.2 Å². The van der Waals surface area contributed by atoms with Crippen molar-refractivity contribution in [1.29, 1.82) is 0 Å². The smallest absolute Gasteiger partial charge is 0.0902 e. The fourth-order valence-corrected chi connectivity index (χ4v) is 2.46. The molecule has 0 aromatic heterocycles. The average molecular weight is 200 g/mol. The van der Waals surface area contributed by atoms with Crippen LogP contribution < -0.4 is 5.73 Å². The lowest BCUT2D eigenvalue weighted by Gasteiger charge is -2.29. The zero-order valence-corrected chi connectivity index (χ0v) is 9.44. The normalized spacial score (nSPS) is 26.2. The van der Waals surface area contributed by atoms with Gasteiger partial charge in [-0.25, -0.2) is 0 Å². The number of nitrogens with two attached hydrogens (primary N) is 1. The van der Waals surface area contributed by atoms with Crippen LogP contribution in [0.5, 0.6) is 0 Å². The molecule has 0 spiro atoms. The summed E-state index contributed by atoms with van der Waals surface area (Å²) in [5, 5.41) is 0. The summed E-state index contributed by atoms with van der Waals surface area (Å²) in [6.07, 6.45) is 4.89. The zero-order valence-electron chi connectivity index (χ0n) is 8.62. The van der Waals surface area contributed by atoms with Crippen molar-refractivity contribution in [1.82, 2.24) is 4.90 Å². The summed E-state index contributed by atoms with van der Waals surface area (Å²) in [5.41, 5.74) is 5.71. The van der Waals surface area contributed by atoms with Crippen molar-refractivity contribution >= 4 is 17.2 Å². The van der Waals surface area contributed by atoms with Crippen LogP contribution in [0.15, 0.2) is 0 Å². The predicted molar refractivity (Wildman–Crippen MR) is 60.9 cm³/mol. The number of rotatable bonds is 4. The summed E-state index contributed by atoms with van der Waals surface area (Å²) in [6.45, 7) is 5.67. The van der Waals surface area contributed by atoms with Gasteiger partial charge < -0.3 is 5.73 Å². The topological polar surface area (TPSA) is 29.3 Å². The third-order valence-electron chi connectivity index (χ3n) is 2.90. The minimum absolute atomic E-state index is 0.372. The van der Waals surface area contributed by atoms with Gasteiger partial charge in [0, 0.05) is 6.04 Å². The third kappa shape index (κ3) is 2.64. The Hall–Kier alpha value is -0.150. The lowest BCUT2D eigenvalue weighted by atomic mass is 10.1. The molecule has 2 nitrogen and oxygen atoms in total. The molecule has 3 heteroatoms. The van der Waals surface area contributed by atoms with Crippen LogP contribution in [0.3, 0.4) is 0 Å². The molecular formula is C10H20N2S. The van der Waals surface area contributed by atoms with Crippen molar-refractivity contribution in [3.8, 4) is 0 Å². The zero-order chi connectivity index (χ0) is 9.84. The van der Waals surface area contributed by atoms with Gasteiger partial charge in [0.1, 0.15) is 0 Å². The number of likely N-dealkylation sites (tertiary alicyclic amines) is 1. The molecule has 2 N–H and O–H groups in total. The van der Waals surface area contributed by atoms with E-state index in [1.54, 1.807) is 0 Å². The van der Waals surface area contributed by atoms with Crippen molar-refractivity contribution in [3.05, 3.63) is 0 Å². The van der Waals surface area contributed by atoms with E-state index < -0.39 is 0 Å². The molecule has 0 aromatic rings. The number of hydrogen-bond acceptors (Lipinski definition) is 2. The molecule has 2 atom stereocenters. The molecule has 0 amide bonds. The van der Waals surface area contributed by atoms with Crippen LogP contribution in [-0.2, 0) is 0 Å². The van der Waals surface area contributed by atoms with E-state index in [0.29, 0.717) is 17.1 Å². The largest absolute Gasteiger partial charge is 0.392 e. The first-order valence-electron chi connectivity index (χ1n) is 5.22. The molecule has 13 heavy (non-hydrogen) atoms. The van der Waals surface area contributed by atoms with Crippen LogP contribution in [-0.4, -0.2) is 28.5 Å². The van der Waals surface area contributed by atoms with Crippen LogP contribution in [0.2, 0.25) is 0 Å². The molecule has 1 saturated heterocycles. The maximum atomic E-state index is 5.71. The Morgan fingerprint density at radius 1 is 1.69 bits per heavy atom. The summed E-state index contributed by atoms with van der Waals surface area (Å²) < 4.78 is 0. The van der Waals surface area contributed by atoms with Crippen LogP contribution in [0.1, 0.15) is 39.5 Å². The lowest BCUT2D eigenvalue weighted by molar-refractivity contribution is 0.219. The highest BCUT2D eigenvalue weighted by Gasteiger charge is 2.29. The quantitative estimate of drug-likeness (QED) is 0.703. The van der Waals surface area contributed by atoms with E-state index in [4.69, 9.17) is 18.0 Å². The minimum Gasteiger partial charge on any atom is -0.392 e. The van der Waals surface area contributed by atoms with Gasteiger partial charge in [0.25, 0.3) is 0 Å². The highest BCUT2D eigenvalue weighted by molar-refractivity contribution is 7.80. The fourth-order valence-electron chi connectivity index (χ4n) is 2.21. The number of thiocarbonyl (C=S) groups is 1. The Bertz CT molecular complexity index is 182. The van der Waals surface area contributed by atoms with E-state index in [-0.39, 0.29) is 0 Å². The Labute approximate surface area is 86.5 Å². The van der Waals surface area contributed by atoms with Gasteiger partial charge in [-0.3, -0.25) is 4.90 Å². The third-order valence-corrected chi connectivity index (χ3v) is 3.17. The van der Waals surface area contributed by atoms with E-state index >= 15 is 0 Å². The molecule has 1 aliphatic heterocycles. The molecule has 0 aromatic carbocycles. The maximum Gasteiger partial charge on any atom is 0.0902 e. The molecule has 76 valence electrons. The summed E-state index contributed by atoms with van der Waals surface area (Å²) in [5.74, 6) is 0. The first-order chi connectivity index (χ1) is 6.16.